The lowest BCUT2D eigenvalue weighted by Gasteiger charge is -2.32. The standard InChI is InChI=1S/C17H19BrN2/c18-15-5-6-17(14-4-2-1-3-13(14)15)19-16-8-10-20-9-7-12(16)11-20/h1-6,12,16,19H,7-11H2. The van der Waals surface area contributed by atoms with E-state index in [1.165, 1.54) is 53.4 Å². The summed E-state index contributed by atoms with van der Waals surface area (Å²) >= 11 is 3.65. The lowest BCUT2D eigenvalue weighted by Crippen LogP contribution is -2.39. The third kappa shape index (κ3) is 2.13. The highest BCUT2D eigenvalue weighted by Gasteiger charge is 2.34. The first kappa shape index (κ1) is 12.7. The fraction of sp³-hybridized carbons (Fsp3) is 0.412. The average molecular weight is 331 g/mol. The Bertz CT molecular complexity index is 640. The number of halogens is 1. The molecule has 2 saturated heterocycles. The summed E-state index contributed by atoms with van der Waals surface area (Å²) in [6, 6.07) is 13.6. The van der Waals surface area contributed by atoms with Gasteiger partial charge in [-0.05, 0) is 42.8 Å². The number of nitrogens with one attached hydrogen (secondary N) is 1. The van der Waals surface area contributed by atoms with Gasteiger partial charge in [-0.25, -0.2) is 0 Å². The van der Waals surface area contributed by atoms with Crippen LogP contribution in [0.15, 0.2) is 40.9 Å². The van der Waals surface area contributed by atoms with E-state index < -0.39 is 0 Å². The molecule has 2 aliphatic heterocycles. The van der Waals surface area contributed by atoms with Gasteiger partial charge in [-0.1, -0.05) is 40.2 Å². The number of piperidine rings is 1. The van der Waals surface area contributed by atoms with Crippen LogP contribution in [0.25, 0.3) is 10.8 Å². The summed E-state index contributed by atoms with van der Waals surface area (Å²) in [5.41, 5.74) is 1.29. The molecule has 2 bridgehead atoms. The molecule has 0 aliphatic carbocycles. The number of anilines is 1. The lowest BCUT2D eigenvalue weighted by molar-refractivity contribution is 0.255. The minimum absolute atomic E-state index is 0.637. The molecule has 2 nitrogen and oxygen atoms in total. The van der Waals surface area contributed by atoms with Crippen LogP contribution >= 0.6 is 15.9 Å². The summed E-state index contributed by atoms with van der Waals surface area (Å²) in [6.45, 7) is 3.83. The van der Waals surface area contributed by atoms with Gasteiger partial charge in [0.1, 0.15) is 0 Å². The second kappa shape index (κ2) is 5.05. The zero-order valence-corrected chi connectivity index (χ0v) is 13.1. The van der Waals surface area contributed by atoms with E-state index in [0.717, 1.165) is 5.92 Å². The van der Waals surface area contributed by atoms with Crippen molar-refractivity contribution < 1.29 is 0 Å². The van der Waals surface area contributed by atoms with Gasteiger partial charge in [0, 0.05) is 34.7 Å². The third-order valence-electron chi connectivity index (χ3n) is 4.85. The van der Waals surface area contributed by atoms with Crippen molar-refractivity contribution in [3.05, 3.63) is 40.9 Å². The third-order valence-corrected chi connectivity index (χ3v) is 5.54. The molecule has 0 aromatic heterocycles. The predicted molar refractivity (Wildman–Crippen MR) is 88.2 cm³/mol. The van der Waals surface area contributed by atoms with Crippen molar-refractivity contribution in [3.8, 4) is 0 Å². The molecule has 2 aromatic rings. The van der Waals surface area contributed by atoms with Crippen molar-refractivity contribution >= 4 is 32.4 Å². The van der Waals surface area contributed by atoms with E-state index in [-0.39, 0.29) is 0 Å². The second-order valence-corrected chi connectivity index (χ2v) is 6.88. The number of fused-ring (bicyclic) bond motifs is 3. The lowest BCUT2D eigenvalue weighted by atomic mass is 9.93. The Hall–Kier alpha value is -1.06. The van der Waals surface area contributed by atoms with Crippen LogP contribution in [-0.2, 0) is 0 Å². The second-order valence-electron chi connectivity index (χ2n) is 6.03. The minimum atomic E-state index is 0.637. The molecule has 0 amide bonds. The van der Waals surface area contributed by atoms with Crippen molar-refractivity contribution in [2.45, 2.75) is 18.9 Å². The van der Waals surface area contributed by atoms with E-state index >= 15 is 0 Å². The SMILES string of the molecule is Brc1ccc(NC2CCN3CCC2C3)c2ccccc12. The molecule has 1 N–H and O–H groups in total. The highest BCUT2D eigenvalue weighted by molar-refractivity contribution is 9.10. The molecule has 0 spiro atoms. The van der Waals surface area contributed by atoms with Gasteiger partial charge in [0.15, 0.2) is 0 Å². The van der Waals surface area contributed by atoms with Gasteiger partial charge in [0.05, 0.1) is 0 Å². The first-order valence-corrected chi connectivity index (χ1v) is 8.27. The van der Waals surface area contributed by atoms with Gasteiger partial charge < -0.3 is 10.2 Å². The Morgan fingerprint density at radius 3 is 2.70 bits per heavy atom. The highest BCUT2D eigenvalue weighted by Crippen LogP contribution is 2.34. The van der Waals surface area contributed by atoms with E-state index in [2.05, 4.69) is 62.5 Å². The Morgan fingerprint density at radius 2 is 1.80 bits per heavy atom. The molecule has 2 aromatic carbocycles. The number of rotatable bonds is 2. The van der Waals surface area contributed by atoms with Gasteiger partial charge in [0.2, 0.25) is 0 Å². The Labute approximate surface area is 128 Å². The predicted octanol–water partition coefficient (Wildman–Crippen LogP) is 4.11. The Balaban J connectivity index is 1.67. The molecule has 3 unspecified atom stereocenters. The van der Waals surface area contributed by atoms with Gasteiger partial charge in [-0.2, -0.15) is 0 Å². The summed E-state index contributed by atoms with van der Waals surface area (Å²) in [6.07, 6.45) is 2.63. The number of nitrogens with zero attached hydrogens (tertiary/aromatic N) is 1. The smallest absolute Gasteiger partial charge is 0.0422 e. The number of hydrogen-bond acceptors (Lipinski definition) is 2. The highest BCUT2D eigenvalue weighted by atomic mass is 79.9. The van der Waals surface area contributed by atoms with Crippen LogP contribution in [0.4, 0.5) is 5.69 Å². The van der Waals surface area contributed by atoms with E-state index in [4.69, 9.17) is 0 Å². The first-order valence-electron chi connectivity index (χ1n) is 7.47. The molecule has 0 radical (unpaired) electrons. The molecular weight excluding hydrogens is 312 g/mol. The van der Waals surface area contributed by atoms with Crippen molar-refractivity contribution in [2.75, 3.05) is 25.0 Å². The molecule has 20 heavy (non-hydrogen) atoms. The van der Waals surface area contributed by atoms with Crippen LogP contribution < -0.4 is 5.32 Å². The molecule has 0 saturated carbocycles. The molecule has 2 heterocycles. The van der Waals surface area contributed by atoms with Crippen LogP contribution in [0.5, 0.6) is 0 Å². The normalized spacial score (nSPS) is 28.8. The maximum absolute atomic E-state index is 3.83. The molecule has 104 valence electrons. The van der Waals surface area contributed by atoms with Crippen LogP contribution in [0.1, 0.15) is 12.8 Å². The van der Waals surface area contributed by atoms with Crippen molar-refractivity contribution in [3.63, 3.8) is 0 Å². The van der Waals surface area contributed by atoms with E-state index in [1.807, 2.05) is 0 Å². The quantitative estimate of drug-likeness (QED) is 0.891. The monoisotopic (exact) mass is 330 g/mol. The molecule has 3 heteroatoms. The van der Waals surface area contributed by atoms with Crippen LogP contribution in [0, 0.1) is 5.92 Å². The van der Waals surface area contributed by atoms with E-state index in [1.54, 1.807) is 0 Å². The van der Waals surface area contributed by atoms with Gasteiger partial charge in [-0.3, -0.25) is 0 Å². The first-order chi connectivity index (χ1) is 9.81. The minimum Gasteiger partial charge on any atom is -0.381 e. The summed E-state index contributed by atoms with van der Waals surface area (Å²) in [5, 5.41) is 6.45. The number of benzene rings is 2. The molecular formula is C17H19BrN2. The maximum atomic E-state index is 3.83. The summed E-state index contributed by atoms with van der Waals surface area (Å²) in [7, 11) is 0. The van der Waals surface area contributed by atoms with Gasteiger partial charge in [0.25, 0.3) is 0 Å². The molecule has 2 fully saturated rings. The zero-order valence-electron chi connectivity index (χ0n) is 11.5. The van der Waals surface area contributed by atoms with Crippen LogP contribution in [-0.4, -0.2) is 30.6 Å². The number of hydrogen-bond donors (Lipinski definition) is 1. The summed E-state index contributed by atoms with van der Waals surface area (Å²) < 4.78 is 1.18. The average Bonchev–Trinajstić information content (AvgIpc) is 2.87. The van der Waals surface area contributed by atoms with Crippen molar-refractivity contribution in [1.29, 1.82) is 0 Å². The zero-order chi connectivity index (χ0) is 13.5. The van der Waals surface area contributed by atoms with E-state index in [0.29, 0.717) is 6.04 Å². The fourth-order valence-electron chi connectivity index (χ4n) is 3.73. The van der Waals surface area contributed by atoms with Crippen LogP contribution in [0.2, 0.25) is 0 Å². The van der Waals surface area contributed by atoms with Gasteiger partial charge in [-0.15, -0.1) is 0 Å². The van der Waals surface area contributed by atoms with Crippen LogP contribution in [0.3, 0.4) is 0 Å². The molecule has 3 atom stereocenters. The fourth-order valence-corrected chi connectivity index (χ4v) is 4.21. The van der Waals surface area contributed by atoms with Gasteiger partial charge >= 0.3 is 0 Å². The van der Waals surface area contributed by atoms with Crippen molar-refractivity contribution in [2.24, 2.45) is 5.92 Å². The maximum Gasteiger partial charge on any atom is 0.0422 e. The summed E-state index contributed by atoms with van der Waals surface area (Å²) in [5.74, 6) is 0.825. The largest absolute Gasteiger partial charge is 0.381 e. The summed E-state index contributed by atoms with van der Waals surface area (Å²) in [4.78, 5) is 2.60. The van der Waals surface area contributed by atoms with E-state index in [9.17, 15) is 0 Å². The molecule has 4 rings (SSSR count). The van der Waals surface area contributed by atoms with Crippen molar-refractivity contribution in [1.82, 2.24) is 4.90 Å². The Kier molecular flexibility index (Phi) is 3.20. The topological polar surface area (TPSA) is 15.3 Å². The molecule has 2 aliphatic rings. The Morgan fingerprint density at radius 1 is 1.00 bits per heavy atom.